The minimum Gasteiger partial charge on any atom is -0.388 e. The average Bonchev–Trinajstić information content (AvgIpc) is 2.47. The molecule has 1 aromatic rings. The summed E-state index contributed by atoms with van der Waals surface area (Å²) in [6, 6.07) is 8.02. The normalized spacial score (nSPS) is 20.4. The first-order valence-corrected chi connectivity index (χ1v) is 7.04. The molecule has 2 rings (SSSR count). The predicted octanol–water partition coefficient (Wildman–Crippen LogP) is 3.90. The third kappa shape index (κ3) is 3.05. The Kier molecular flexibility index (Phi) is 3.76. The quantitative estimate of drug-likeness (QED) is 0.875. The van der Waals surface area contributed by atoms with Gasteiger partial charge in [-0.2, -0.15) is 0 Å². The average molecular weight is 249 g/mol. The first-order valence-electron chi connectivity index (χ1n) is 8.19. The number of aliphatic hydroxyl groups is 1. The number of anilines is 1. The van der Waals surface area contributed by atoms with E-state index in [4.69, 9.17) is 2.74 Å². The van der Waals surface area contributed by atoms with Crippen LogP contribution in [0.25, 0.3) is 0 Å². The molecule has 1 saturated carbocycles. The fourth-order valence-electron chi connectivity index (χ4n) is 2.70. The second-order valence-corrected chi connectivity index (χ2v) is 5.22. The Morgan fingerprint density at radius 3 is 2.83 bits per heavy atom. The maximum absolute atomic E-state index is 9.97. The molecule has 0 bridgehead atoms. The van der Waals surface area contributed by atoms with Crippen molar-refractivity contribution < 1.29 is 7.85 Å². The zero-order valence-electron chi connectivity index (χ0n) is 13.2. The van der Waals surface area contributed by atoms with Crippen molar-refractivity contribution in [2.45, 2.75) is 57.6 Å². The van der Waals surface area contributed by atoms with Crippen LogP contribution in [0, 0.1) is 0 Å². The number of benzene rings is 1. The fraction of sp³-hybridized carbons (Fsp3) is 0.625. The SMILES string of the molecule is [2H]C([2H])N(c1cccc(C(O)CC)c1)C1CCCCC1. The topological polar surface area (TPSA) is 23.5 Å². The minimum atomic E-state index is -0.993. The highest BCUT2D eigenvalue weighted by atomic mass is 16.3. The van der Waals surface area contributed by atoms with Crippen molar-refractivity contribution in [1.82, 2.24) is 0 Å². The number of rotatable bonds is 4. The van der Waals surface area contributed by atoms with Crippen LogP contribution in [0.5, 0.6) is 0 Å². The highest BCUT2D eigenvalue weighted by Crippen LogP contribution is 2.28. The Balaban J connectivity index is 2.24. The molecule has 1 N–H and O–H groups in total. The van der Waals surface area contributed by atoms with Crippen molar-refractivity contribution >= 4 is 5.69 Å². The van der Waals surface area contributed by atoms with Crippen molar-refractivity contribution in [2.24, 2.45) is 0 Å². The van der Waals surface area contributed by atoms with Gasteiger partial charge in [-0.15, -0.1) is 0 Å². The molecule has 0 saturated heterocycles. The Morgan fingerprint density at radius 2 is 2.17 bits per heavy atom. The largest absolute Gasteiger partial charge is 0.388 e. The first kappa shape index (κ1) is 10.9. The lowest BCUT2D eigenvalue weighted by Crippen LogP contribution is -2.33. The molecule has 2 nitrogen and oxygen atoms in total. The van der Waals surface area contributed by atoms with Crippen LogP contribution in [0.1, 0.15) is 59.9 Å². The summed E-state index contributed by atoms with van der Waals surface area (Å²) in [7, 11) is 0. The van der Waals surface area contributed by atoms with E-state index in [1.807, 2.05) is 36.1 Å². The molecule has 1 aromatic carbocycles. The third-order valence-electron chi connectivity index (χ3n) is 3.91. The first-order chi connectivity index (χ1) is 9.63. The van der Waals surface area contributed by atoms with Gasteiger partial charge >= 0.3 is 0 Å². The van der Waals surface area contributed by atoms with Crippen LogP contribution in [0.3, 0.4) is 0 Å². The highest BCUT2D eigenvalue weighted by Gasteiger charge is 2.18. The number of hydrogen-bond donors (Lipinski definition) is 1. The van der Waals surface area contributed by atoms with Crippen LogP contribution in [0.15, 0.2) is 24.3 Å². The zero-order valence-corrected chi connectivity index (χ0v) is 11.2. The molecule has 100 valence electrons. The van der Waals surface area contributed by atoms with E-state index < -0.39 is 13.1 Å². The molecule has 0 spiro atoms. The molecule has 0 aliphatic heterocycles. The van der Waals surface area contributed by atoms with Crippen LogP contribution in [-0.4, -0.2) is 18.1 Å². The molecule has 1 aliphatic rings. The lowest BCUT2D eigenvalue weighted by Gasteiger charge is -2.33. The molecule has 0 radical (unpaired) electrons. The van der Waals surface area contributed by atoms with Gasteiger partial charge in [-0.1, -0.05) is 38.3 Å². The molecule has 2 heteroatoms. The van der Waals surface area contributed by atoms with Crippen LogP contribution in [0.4, 0.5) is 5.69 Å². The second kappa shape index (κ2) is 6.24. The van der Waals surface area contributed by atoms with E-state index in [-0.39, 0.29) is 6.04 Å². The van der Waals surface area contributed by atoms with Crippen molar-refractivity contribution in [1.29, 1.82) is 0 Å². The van der Waals surface area contributed by atoms with E-state index in [9.17, 15) is 5.11 Å². The summed E-state index contributed by atoms with van der Waals surface area (Å²) in [5.41, 5.74) is 1.78. The van der Waals surface area contributed by atoms with E-state index in [1.165, 1.54) is 19.3 Å². The van der Waals surface area contributed by atoms with Gasteiger partial charge in [0, 0.05) is 21.5 Å². The summed E-state index contributed by atoms with van der Waals surface area (Å²) in [6.45, 7) is 0.959. The smallest absolute Gasteiger partial charge is 0.0788 e. The van der Waals surface area contributed by atoms with Gasteiger partial charge in [0.25, 0.3) is 0 Å². The maximum atomic E-state index is 9.97. The molecule has 0 amide bonds. The molecule has 1 atom stereocenters. The zero-order chi connectivity index (χ0) is 14.5. The van der Waals surface area contributed by atoms with E-state index >= 15 is 0 Å². The molecule has 1 fully saturated rings. The van der Waals surface area contributed by atoms with Gasteiger partial charge in [0.2, 0.25) is 0 Å². The van der Waals surface area contributed by atoms with Gasteiger partial charge in [-0.25, -0.2) is 0 Å². The molecule has 1 unspecified atom stereocenters. The number of aliphatic hydroxyl groups excluding tert-OH is 1. The summed E-state index contributed by atoms with van der Waals surface area (Å²) < 4.78 is 15.7. The van der Waals surface area contributed by atoms with Gasteiger partial charge in [0.05, 0.1) is 6.10 Å². The Bertz CT molecular complexity index is 419. The maximum Gasteiger partial charge on any atom is 0.0788 e. The summed E-state index contributed by atoms with van der Waals surface area (Å²) in [5, 5.41) is 9.97. The standard InChI is InChI=1S/C16H25NO/c1-3-16(18)13-8-7-11-15(12-13)17(2)14-9-5-4-6-10-14/h7-8,11-12,14,16,18H,3-6,9-10H2,1-2H3/i2D2. The van der Waals surface area contributed by atoms with Gasteiger partial charge in [-0.3, -0.25) is 0 Å². The monoisotopic (exact) mass is 249 g/mol. The molecule has 1 aliphatic carbocycles. The van der Waals surface area contributed by atoms with Crippen LogP contribution < -0.4 is 4.90 Å². The lowest BCUT2D eigenvalue weighted by atomic mass is 9.94. The predicted molar refractivity (Wildman–Crippen MR) is 77.0 cm³/mol. The fourth-order valence-corrected chi connectivity index (χ4v) is 2.70. The van der Waals surface area contributed by atoms with Gasteiger partial charge < -0.3 is 10.0 Å². The molecule has 0 heterocycles. The highest BCUT2D eigenvalue weighted by molar-refractivity contribution is 5.49. The molecule has 0 aromatic heterocycles. The van der Waals surface area contributed by atoms with E-state index in [0.29, 0.717) is 6.42 Å². The van der Waals surface area contributed by atoms with Crippen molar-refractivity contribution in [2.75, 3.05) is 11.9 Å². The van der Waals surface area contributed by atoms with Gasteiger partial charge in [0.15, 0.2) is 0 Å². The summed E-state index contributed by atoms with van der Waals surface area (Å²) in [5.74, 6) is 0. The molecular weight excluding hydrogens is 222 g/mol. The lowest BCUT2D eigenvalue weighted by molar-refractivity contribution is 0.173. The van der Waals surface area contributed by atoms with Crippen molar-refractivity contribution in [3.05, 3.63) is 29.8 Å². The second-order valence-electron chi connectivity index (χ2n) is 5.22. The van der Waals surface area contributed by atoms with Crippen LogP contribution in [-0.2, 0) is 0 Å². The van der Waals surface area contributed by atoms with Gasteiger partial charge in [-0.05, 0) is 37.0 Å². The number of nitrogens with zero attached hydrogens (tertiary/aromatic N) is 1. The van der Waals surface area contributed by atoms with E-state index in [2.05, 4.69) is 0 Å². The Labute approximate surface area is 113 Å². The Hall–Kier alpha value is -1.02. The Morgan fingerprint density at radius 1 is 1.39 bits per heavy atom. The van der Waals surface area contributed by atoms with Gasteiger partial charge in [0.1, 0.15) is 0 Å². The van der Waals surface area contributed by atoms with Crippen LogP contribution in [0.2, 0.25) is 0 Å². The third-order valence-corrected chi connectivity index (χ3v) is 3.91. The van der Waals surface area contributed by atoms with Crippen LogP contribution >= 0.6 is 0 Å². The van der Waals surface area contributed by atoms with E-state index in [0.717, 1.165) is 24.1 Å². The van der Waals surface area contributed by atoms with Crippen molar-refractivity contribution in [3.8, 4) is 0 Å². The van der Waals surface area contributed by atoms with Crippen molar-refractivity contribution in [3.63, 3.8) is 0 Å². The summed E-state index contributed by atoms with van der Waals surface area (Å²) in [4.78, 5) is 1.89. The summed E-state index contributed by atoms with van der Waals surface area (Å²) >= 11 is 0. The van der Waals surface area contributed by atoms with E-state index in [1.54, 1.807) is 0 Å². The molecular formula is C16H25NO. The number of hydrogen-bond acceptors (Lipinski definition) is 2. The summed E-state index contributed by atoms with van der Waals surface area (Å²) in [6.07, 6.45) is 5.98. The minimum absolute atomic E-state index is 0.290. The molecule has 18 heavy (non-hydrogen) atoms.